The Morgan fingerprint density at radius 3 is 1.93 bits per heavy atom. The van der Waals surface area contributed by atoms with Crippen LogP contribution in [0.15, 0.2) is 138 Å². The number of aromatic nitrogens is 2. The number of rotatable bonds is 8. The maximum absolute atomic E-state index is 12.7. The summed E-state index contributed by atoms with van der Waals surface area (Å²) in [7, 11) is -2.72. The van der Waals surface area contributed by atoms with Crippen molar-refractivity contribution in [2.75, 3.05) is 0 Å². The molecule has 0 bridgehead atoms. The van der Waals surface area contributed by atoms with E-state index >= 15 is 0 Å². The maximum Gasteiger partial charge on any atom is 0.319 e. The number of H-pyrrole nitrogens is 1. The molecule has 6 rings (SSSR count). The molecule has 1 N–H and O–H groups in total. The molecular weight excluding hydrogens is 549 g/mol. The molecule has 0 fully saturated rings. The van der Waals surface area contributed by atoms with E-state index in [4.69, 9.17) is 9.16 Å². The van der Waals surface area contributed by atoms with Crippen LogP contribution >= 0.6 is 0 Å². The molecule has 1 aromatic heterocycles. The molecule has 5 nitrogen and oxygen atoms in total. The van der Waals surface area contributed by atoms with E-state index in [0.717, 1.165) is 16.9 Å². The summed E-state index contributed by atoms with van der Waals surface area (Å²) in [4.78, 5) is 20.3. The molecule has 43 heavy (non-hydrogen) atoms. The average molecular weight is 583 g/mol. The van der Waals surface area contributed by atoms with E-state index < -0.39 is 8.32 Å². The Balaban J connectivity index is 1.26. The zero-order valence-electron chi connectivity index (χ0n) is 24.6. The van der Waals surface area contributed by atoms with Crippen LogP contribution < -0.4 is 25.1 Å². The van der Waals surface area contributed by atoms with E-state index in [1.54, 1.807) is 6.07 Å². The van der Waals surface area contributed by atoms with Crippen molar-refractivity contribution in [3.63, 3.8) is 0 Å². The molecular formula is C37H34N2O3Si. The number of nitrogens with one attached hydrogen (secondary N) is 1. The van der Waals surface area contributed by atoms with Gasteiger partial charge in [0, 0.05) is 0 Å². The highest BCUT2D eigenvalue weighted by Crippen LogP contribution is 2.37. The van der Waals surface area contributed by atoms with Crippen LogP contribution in [0.3, 0.4) is 0 Å². The second kappa shape index (κ2) is 11.7. The number of para-hydroxylation sites is 2. The maximum atomic E-state index is 12.7. The van der Waals surface area contributed by atoms with Gasteiger partial charge in [-0.2, -0.15) is 0 Å². The molecule has 6 aromatic rings. The predicted molar refractivity (Wildman–Crippen MR) is 177 cm³/mol. The summed E-state index contributed by atoms with van der Waals surface area (Å²) < 4.78 is 13.4. The number of nitrogens with zero attached hydrogens (tertiary/aromatic N) is 1. The molecule has 0 unspecified atom stereocenters. The fourth-order valence-electron chi connectivity index (χ4n) is 5.64. The number of ether oxygens (including phenoxy) is 1. The quantitative estimate of drug-likeness (QED) is 0.194. The van der Waals surface area contributed by atoms with Gasteiger partial charge in [0.15, 0.2) is 0 Å². The van der Waals surface area contributed by atoms with Crippen LogP contribution in [-0.4, -0.2) is 18.3 Å². The lowest BCUT2D eigenvalue weighted by Gasteiger charge is -2.43. The van der Waals surface area contributed by atoms with Gasteiger partial charge < -0.3 is 14.1 Å². The molecule has 0 aliphatic carbocycles. The van der Waals surface area contributed by atoms with Crippen molar-refractivity contribution in [2.24, 2.45) is 0 Å². The number of fused-ring (bicyclic) bond motifs is 1. The third kappa shape index (κ3) is 5.62. The summed E-state index contributed by atoms with van der Waals surface area (Å²) in [5.74, 6) is 1.96. The van der Waals surface area contributed by atoms with Crippen LogP contribution in [-0.2, 0) is 6.61 Å². The topological polar surface area (TPSA) is 64.2 Å². The normalized spacial score (nSPS) is 11.8. The Hall–Kier alpha value is -4.94. The molecule has 6 heteroatoms. The highest BCUT2D eigenvalue weighted by Gasteiger charge is 2.52. The van der Waals surface area contributed by atoms with Crippen molar-refractivity contribution < 1.29 is 9.16 Å². The summed E-state index contributed by atoms with van der Waals surface area (Å²) in [5.41, 5.74) is 2.21. The number of hydrogen-bond donors (Lipinski definition) is 1. The summed E-state index contributed by atoms with van der Waals surface area (Å²) in [5, 5.41) is 2.90. The van der Waals surface area contributed by atoms with Crippen LogP contribution in [0.5, 0.6) is 11.5 Å². The number of benzene rings is 5. The fraction of sp³-hybridized carbons (Fsp3) is 0.135. The van der Waals surface area contributed by atoms with Gasteiger partial charge in [-0.05, 0) is 57.4 Å². The average Bonchev–Trinajstić information content (AvgIpc) is 3.03. The van der Waals surface area contributed by atoms with Crippen molar-refractivity contribution >= 4 is 29.6 Å². The molecule has 0 atom stereocenters. The second-order valence-electron chi connectivity index (χ2n) is 11.6. The highest BCUT2D eigenvalue weighted by atomic mass is 28.4. The lowest BCUT2D eigenvalue weighted by molar-refractivity contribution is 0.307. The van der Waals surface area contributed by atoms with Crippen molar-refractivity contribution in [1.82, 2.24) is 9.97 Å². The van der Waals surface area contributed by atoms with E-state index in [2.05, 4.69) is 91.4 Å². The van der Waals surface area contributed by atoms with Gasteiger partial charge in [0.1, 0.15) is 23.9 Å². The van der Waals surface area contributed by atoms with Gasteiger partial charge >= 0.3 is 8.32 Å². The monoisotopic (exact) mass is 582 g/mol. The zero-order valence-corrected chi connectivity index (χ0v) is 25.6. The van der Waals surface area contributed by atoms with E-state index in [-0.39, 0.29) is 10.6 Å². The van der Waals surface area contributed by atoms with Crippen molar-refractivity contribution in [1.29, 1.82) is 0 Å². The zero-order chi connectivity index (χ0) is 29.9. The van der Waals surface area contributed by atoms with Gasteiger partial charge in [-0.25, -0.2) is 4.98 Å². The van der Waals surface area contributed by atoms with E-state index in [0.29, 0.717) is 29.1 Å². The molecule has 214 valence electrons. The van der Waals surface area contributed by atoms with Gasteiger partial charge in [-0.1, -0.05) is 118 Å². The van der Waals surface area contributed by atoms with E-state index in [1.807, 2.05) is 66.7 Å². The summed E-state index contributed by atoms with van der Waals surface area (Å²) >= 11 is 0. The van der Waals surface area contributed by atoms with E-state index in [9.17, 15) is 4.79 Å². The SMILES string of the molecule is CC(C)(C)[Si](Oc1ccc(COc2ccccc2-c2nc3ccccc3c(=O)[nH]2)cc1)(c1ccccc1)c1ccccc1. The van der Waals surface area contributed by atoms with Crippen LogP contribution in [0.2, 0.25) is 5.04 Å². The molecule has 1 heterocycles. The van der Waals surface area contributed by atoms with Gasteiger partial charge in [0.25, 0.3) is 5.56 Å². The Kier molecular flexibility index (Phi) is 7.70. The minimum absolute atomic E-state index is 0.126. The van der Waals surface area contributed by atoms with Crippen LogP contribution in [0.1, 0.15) is 26.3 Å². The van der Waals surface area contributed by atoms with Gasteiger partial charge in [-0.3, -0.25) is 4.79 Å². The number of hydrogen-bond acceptors (Lipinski definition) is 4. The molecule has 0 aliphatic rings. The minimum atomic E-state index is -2.72. The first-order valence-electron chi connectivity index (χ1n) is 14.5. The highest BCUT2D eigenvalue weighted by molar-refractivity contribution is 7.00. The molecule has 0 saturated heterocycles. The summed E-state index contributed by atoms with van der Waals surface area (Å²) in [6.07, 6.45) is 0. The summed E-state index contributed by atoms with van der Waals surface area (Å²) in [6, 6.07) is 44.4. The van der Waals surface area contributed by atoms with Crippen LogP contribution in [0, 0.1) is 0 Å². The Morgan fingerprint density at radius 2 is 1.28 bits per heavy atom. The van der Waals surface area contributed by atoms with Crippen molar-refractivity contribution in [2.45, 2.75) is 32.4 Å². The van der Waals surface area contributed by atoms with Crippen LogP contribution in [0.25, 0.3) is 22.3 Å². The van der Waals surface area contributed by atoms with Gasteiger partial charge in [0.05, 0.1) is 16.5 Å². The lowest BCUT2D eigenvalue weighted by atomic mass is 10.1. The minimum Gasteiger partial charge on any atom is -0.534 e. The Labute approximate surface area is 252 Å². The van der Waals surface area contributed by atoms with E-state index in [1.165, 1.54) is 10.4 Å². The molecule has 0 aliphatic heterocycles. The largest absolute Gasteiger partial charge is 0.534 e. The molecule has 0 amide bonds. The number of aromatic amines is 1. The third-order valence-electron chi connectivity index (χ3n) is 7.76. The van der Waals surface area contributed by atoms with Gasteiger partial charge in [0.2, 0.25) is 0 Å². The molecule has 0 spiro atoms. The molecule has 0 radical (unpaired) electrons. The second-order valence-corrected chi connectivity index (χ2v) is 15.8. The summed E-state index contributed by atoms with van der Waals surface area (Å²) in [6.45, 7) is 7.18. The standard InChI is InChI=1S/C37H34N2O3Si/c1-37(2,3)43(29-14-6-4-7-15-29,30-16-8-5-9-17-30)42-28-24-22-27(23-25-28)26-41-34-21-13-11-19-32(34)35-38-33-20-12-10-18-31(33)36(40)39-35/h4-25H,26H2,1-3H3,(H,38,39,40). The van der Waals surface area contributed by atoms with Crippen molar-refractivity contribution in [3.8, 4) is 22.9 Å². The lowest BCUT2D eigenvalue weighted by Crippen LogP contribution is -2.68. The Bertz CT molecular complexity index is 1860. The smallest absolute Gasteiger partial charge is 0.319 e. The van der Waals surface area contributed by atoms with Crippen molar-refractivity contribution in [3.05, 3.63) is 149 Å². The predicted octanol–water partition coefficient (Wildman–Crippen LogP) is 7.11. The third-order valence-corrected chi connectivity index (χ3v) is 12.7. The Morgan fingerprint density at radius 1 is 0.698 bits per heavy atom. The molecule has 5 aromatic carbocycles. The molecule has 0 saturated carbocycles. The first-order valence-corrected chi connectivity index (χ1v) is 16.4. The van der Waals surface area contributed by atoms with Crippen LogP contribution in [0.4, 0.5) is 0 Å². The fourth-order valence-corrected chi connectivity index (χ4v) is 10.1. The van der Waals surface area contributed by atoms with Gasteiger partial charge in [-0.15, -0.1) is 0 Å². The first kappa shape index (κ1) is 28.2. The first-order chi connectivity index (χ1) is 20.8.